The molecule has 0 aromatic heterocycles. The van der Waals surface area contributed by atoms with Gasteiger partial charge in [0.15, 0.2) is 0 Å². The summed E-state index contributed by atoms with van der Waals surface area (Å²) in [4.78, 5) is 0. The van der Waals surface area contributed by atoms with Crippen molar-refractivity contribution in [2.75, 3.05) is 0 Å². The van der Waals surface area contributed by atoms with Gasteiger partial charge in [-0.15, -0.1) is 0 Å². The van der Waals surface area contributed by atoms with Gasteiger partial charge in [-0.2, -0.15) is 0 Å². The minimum absolute atomic E-state index is 0.0831. The first-order valence-electron chi connectivity index (χ1n) is 13.6. The fourth-order valence-corrected chi connectivity index (χ4v) is 9.52. The smallest absolute Gasteiger partial charge is 0.0568 e. The fourth-order valence-electron chi connectivity index (χ4n) is 9.52. The Balaban J connectivity index is 1.65. The van der Waals surface area contributed by atoms with Gasteiger partial charge < -0.3 is 5.11 Å². The average molecular weight is 427 g/mol. The van der Waals surface area contributed by atoms with Crippen LogP contribution in [0.3, 0.4) is 0 Å². The molecule has 4 rings (SSSR count). The maximum absolute atomic E-state index is 10.6. The van der Waals surface area contributed by atoms with E-state index in [4.69, 9.17) is 0 Å². The van der Waals surface area contributed by atoms with Crippen LogP contribution < -0.4 is 0 Å². The van der Waals surface area contributed by atoms with Gasteiger partial charge in [0, 0.05) is 0 Å². The maximum atomic E-state index is 10.6. The Morgan fingerprint density at radius 1 is 1.00 bits per heavy atom. The van der Waals surface area contributed by atoms with Crippen molar-refractivity contribution in [3.8, 4) is 0 Å². The molecule has 7 unspecified atom stereocenters. The van der Waals surface area contributed by atoms with Gasteiger partial charge >= 0.3 is 0 Å². The molecule has 31 heavy (non-hydrogen) atoms. The molecule has 0 spiro atoms. The lowest BCUT2D eigenvalue weighted by Crippen LogP contribution is -2.52. The van der Waals surface area contributed by atoms with Gasteiger partial charge in [-0.3, -0.25) is 0 Å². The summed E-state index contributed by atoms with van der Waals surface area (Å²) in [6.07, 6.45) is 14.2. The molecular formula is C30H50O. The number of rotatable bonds is 4. The van der Waals surface area contributed by atoms with E-state index in [1.165, 1.54) is 38.5 Å². The topological polar surface area (TPSA) is 20.2 Å². The van der Waals surface area contributed by atoms with Crippen LogP contribution in [0.1, 0.15) is 100 Å². The van der Waals surface area contributed by atoms with Crippen molar-refractivity contribution in [3.63, 3.8) is 0 Å². The van der Waals surface area contributed by atoms with Crippen LogP contribution in [0.15, 0.2) is 23.3 Å². The molecule has 0 amide bonds. The quantitative estimate of drug-likeness (QED) is 0.451. The van der Waals surface area contributed by atoms with E-state index in [0.29, 0.717) is 28.6 Å². The zero-order chi connectivity index (χ0) is 22.7. The Hall–Kier alpha value is -0.560. The zero-order valence-corrected chi connectivity index (χ0v) is 21.7. The summed E-state index contributed by atoms with van der Waals surface area (Å²) in [5.74, 6) is 5.60. The normalized spacial score (nSPS) is 46.4. The van der Waals surface area contributed by atoms with Crippen molar-refractivity contribution < 1.29 is 5.11 Å². The van der Waals surface area contributed by atoms with Crippen LogP contribution in [-0.2, 0) is 0 Å². The third kappa shape index (κ3) is 3.70. The highest BCUT2D eigenvalue weighted by Gasteiger charge is 2.59. The monoisotopic (exact) mass is 426 g/mol. The first-order valence-corrected chi connectivity index (χ1v) is 13.6. The molecule has 176 valence electrons. The first-order chi connectivity index (χ1) is 14.5. The second-order valence-corrected chi connectivity index (χ2v) is 13.3. The second kappa shape index (κ2) is 8.34. The molecule has 1 nitrogen and oxygen atoms in total. The lowest BCUT2D eigenvalue weighted by Gasteiger charge is -2.59. The number of hydrogen-bond donors (Lipinski definition) is 1. The van der Waals surface area contributed by atoms with Crippen molar-refractivity contribution in [1.82, 2.24) is 0 Å². The highest BCUT2D eigenvalue weighted by atomic mass is 16.3. The minimum atomic E-state index is -0.0831. The van der Waals surface area contributed by atoms with Crippen LogP contribution >= 0.6 is 0 Å². The summed E-state index contributed by atoms with van der Waals surface area (Å²) >= 11 is 0. The Morgan fingerprint density at radius 3 is 2.29 bits per heavy atom. The molecule has 3 saturated carbocycles. The molecule has 4 aliphatic rings. The van der Waals surface area contributed by atoms with Crippen LogP contribution in [0.2, 0.25) is 0 Å². The molecule has 1 N–H and O–H groups in total. The number of aliphatic hydroxyl groups excluding tert-OH is 1. The highest BCUT2D eigenvalue weighted by Crippen LogP contribution is 2.68. The van der Waals surface area contributed by atoms with E-state index in [-0.39, 0.29) is 6.10 Å². The third-order valence-electron chi connectivity index (χ3n) is 10.9. The summed E-state index contributed by atoms with van der Waals surface area (Å²) in [7, 11) is 0. The van der Waals surface area contributed by atoms with Crippen LogP contribution in [0, 0.1) is 58.2 Å². The zero-order valence-electron chi connectivity index (χ0n) is 21.7. The van der Waals surface area contributed by atoms with Crippen LogP contribution in [-0.4, -0.2) is 11.2 Å². The molecule has 0 heterocycles. The fraction of sp³-hybridized carbons (Fsp3) is 0.867. The van der Waals surface area contributed by atoms with E-state index in [1.54, 1.807) is 5.57 Å². The van der Waals surface area contributed by atoms with Gasteiger partial charge in [0.05, 0.1) is 6.10 Å². The van der Waals surface area contributed by atoms with Crippen LogP contribution in [0.25, 0.3) is 0 Å². The maximum Gasteiger partial charge on any atom is 0.0568 e. The van der Waals surface area contributed by atoms with Gasteiger partial charge in [-0.1, -0.05) is 71.8 Å². The van der Waals surface area contributed by atoms with Gasteiger partial charge in [0.2, 0.25) is 0 Å². The molecule has 4 aliphatic carbocycles. The minimum Gasteiger partial charge on any atom is -0.393 e. The van der Waals surface area contributed by atoms with E-state index in [9.17, 15) is 5.11 Å². The van der Waals surface area contributed by atoms with Crippen LogP contribution in [0.5, 0.6) is 0 Å². The van der Waals surface area contributed by atoms with Crippen molar-refractivity contribution in [1.29, 1.82) is 0 Å². The largest absolute Gasteiger partial charge is 0.393 e. The third-order valence-corrected chi connectivity index (χ3v) is 10.9. The van der Waals surface area contributed by atoms with Crippen molar-refractivity contribution in [2.24, 2.45) is 58.2 Å². The summed E-state index contributed by atoms with van der Waals surface area (Å²) in [6, 6.07) is 0. The SMILES string of the molecule is C/C(=C\C(C)C)C(C(C)C)C1CCC2C3=CC[C@H]4[C@H](C)C(O)CCC4(C)C3CCC21C. The van der Waals surface area contributed by atoms with Crippen molar-refractivity contribution in [2.45, 2.75) is 106 Å². The Labute approximate surface area is 193 Å². The van der Waals surface area contributed by atoms with Gasteiger partial charge in [-0.05, 0) is 110 Å². The summed E-state index contributed by atoms with van der Waals surface area (Å²) in [5.41, 5.74) is 4.38. The summed E-state index contributed by atoms with van der Waals surface area (Å²) in [6.45, 7) is 19.6. The molecule has 0 aliphatic heterocycles. The van der Waals surface area contributed by atoms with E-state index in [2.05, 4.69) is 67.5 Å². The molecule has 3 fully saturated rings. The molecule has 0 aromatic rings. The van der Waals surface area contributed by atoms with Crippen LogP contribution in [0.4, 0.5) is 0 Å². The predicted molar refractivity (Wildman–Crippen MR) is 133 cm³/mol. The molecule has 0 aromatic carbocycles. The first kappa shape index (κ1) is 23.6. The van der Waals surface area contributed by atoms with E-state index >= 15 is 0 Å². The van der Waals surface area contributed by atoms with E-state index in [0.717, 1.165) is 36.0 Å². The molecule has 1 heteroatoms. The summed E-state index contributed by atoms with van der Waals surface area (Å²) < 4.78 is 0. The molecule has 0 saturated heterocycles. The molecule has 0 radical (unpaired) electrons. The number of fused-ring (bicyclic) bond motifs is 5. The molecular weight excluding hydrogens is 376 g/mol. The van der Waals surface area contributed by atoms with Gasteiger partial charge in [-0.25, -0.2) is 0 Å². The number of hydrogen-bond acceptors (Lipinski definition) is 1. The summed E-state index contributed by atoms with van der Waals surface area (Å²) in [5, 5.41) is 10.6. The van der Waals surface area contributed by atoms with E-state index < -0.39 is 0 Å². The predicted octanol–water partition coefficient (Wildman–Crippen LogP) is 8.05. The van der Waals surface area contributed by atoms with Gasteiger partial charge in [0.1, 0.15) is 0 Å². The number of aliphatic hydroxyl groups is 1. The standard InChI is InChI=1S/C30H50O/c1-18(2)17-20(5)28(19(3)4)26-12-11-24-22-9-10-23-21(6)27(31)14-16-29(23,7)25(22)13-15-30(24,26)8/h9,17-19,21,23-28,31H,10-16H2,1-8H3/b20-17+/t21-,23-,24?,25?,26?,27?,28?,29?,30?/m0/s1. The molecule has 0 bridgehead atoms. The Bertz CT molecular complexity index is 729. The lowest BCUT2D eigenvalue weighted by atomic mass is 9.46. The number of allylic oxidation sites excluding steroid dienone is 4. The highest BCUT2D eigenvalue weighted by molar-refractivity contribution is 5.29. The van der Waals surface area contributed by atoms with Gasteiger partial charge in [0.25, 0.3) is 0 Å². The van der Waals surface area contributed by atoms with Crippen molar-refractivity contribution in [3.05, 3.63) is 23.3 Å². The second-order valence-electron chi connectivity index (χ2n) is 13.3. The Kier molecular flexibility index (Phi) is 6.35. The Morgan fingerprint density at radius 2 is 1.65 bits per heavy atom. The molecule has 9 atom stereocenters. The lowest BCUT2D eigenvalue weighted by molar-refractivity contribution is -0.0775. The van der Waals surface area contributed by atoms with E-state index in [1.807, 2.05) is 5.57 Å². The average Bonchev–Trinajstić information content (AvgIpc) is 3.01. The van der Waals surface area contributed by atoms with Crippen molar-refractivity contribution >= 4 is 0 Å².